The van der Waals surface area contributed by atoms with Crippen LogP contribution < -0.4 is 19.7 Å². The highest BCUT2D eigenvalue weighted by atomic mass is 32.2. The minimum absolute atomic E-state index is 0.103. The van der Waals surface area contributed by atoms with Crippen LogP contribution in [0.5, 0.6) is 11.5 Å². The molecule has 7 heteroatoms. The average molecular weight is 416 g/mol. The van der Waals surface area contributed by atoms with Gasteiger partial charge in [0.05, 0.1) is 19.9 Å². The number of nitrogens with one attached hydrogen (secondary N) is 1. The number of aromatic nitrogens is 1. The summed E-state index contributed by atoms with van der Waals surface area (Å²) in [6.07, 6.45) is 4.94. The molecule has 1 N–H and O–H groups in total. The molecule has 156 valence electrons. The molecule has 29 heavy (non-hydrogen) atoms. The van der Waals surface area contributed by atoms with Crippen molar-refractivity contribution in [1.29, 1.82) is 0 Å². The van der Waals surface area contributed by atoms with E-state index in [2.05, 4.69) is 10.3 Å². The zero-order valence-electron chi connectivity index (χ0n) is 17.3. The van der Waals surface area contributed by atoms with E-state index in [0.717, 1.165) is 59.3 Å². The fraction of sp³-hybridized carbons (Fsp3) is 0.455. The summed E-state index contributed by atoms with van der Waals surface area (Å²) >= 11 is 1.73. The fourth-order valence-electron chi connectivity index (χ4n) is 3.52. The molecule has 2 heterocycles. The first-order valence-corrected chi connectivity index (χ1v) is 10.9. The summed E-state index contributed by atoms with van der Waals surface area (Å²) in [4.78, 5) is 19.4. The van der Waals surface area contributed by atoms with Gasteiger partial charge in [0.2, 0.25) is 5.91 Å². The largest absolute Gasteiger partial charge is 0.493 e. The number of carbonyl (C=O) groups excluding carboxylic acids is 1. The van der Waals surface area contributed by atoms with Gasteiger partial charge in [-0.1, -0.05) is 6.07 Å². The SMILES string of the molecule is CNC(CCc1ccc(OC)c(OC)c1)CC(=O)N1CCCSc2ncccc21. The van der Waals surface area contributed by atoms with E-state index >= 15 is 0 Å². The zero-order valence-corrected chi connectivity index (χ0v) is 18.1. The Morgan fingerprint density at radius 3 is 2.86 bits per heavy atom. The van der Waals surface area contributed by atoms with Crippen molar-refractivity contribution in [2.75, 3.05) is 38.5 Å². The Morgan fingerprint density at radius 2 is 2.10 bits per heavy atom. The van der Waals surface area contributed by atoms with Gasteiger partial charge in [0, 0.05) is 31.0 Å². The van der Waals surface area contributed by atoms with Crippen LogP contribution >= 0.6 is 11.8 Å². The third-order valence-corrected chi connectivity index (χ3v) is 6.25. The van der Waals surface area contributed by atoms with Gasteiger partial charge in [-0.05, 0) is 56.1 Å². The molecule has 6 nitrogen and oxygen atoms in total. The first-order valence-electron chi connectivity index (χ1n) is 9.92. The normalized spacial score (nSPS) is 14.7. The number of ether oxygens (including phenoxy) is 2. The number of anilines is 1. The van der Waals surface area contributed by atoms with Gasteiger partial charge in [-0.2, -0.15) is 0 Å². The Bertz CT molecular complexity index is 831. The molecule has 1 aliphatic rings. The van der Waals surface area contributed by atoms with Crippen molar-refractivity contribution < 1.29 is 14.3 Å². The van der Waals surface area contributed by atoms with Crippen LogP contribution in [0.25, 0.3) is 0 Å². The van der Waals surface area contributed by atoms with Gasteiger partial charge in [0.15, 0.2) is 11.5 Å². The van der Waals surface area contributed by atoms with Crippen molar-refractivity contribution in [3.63, 3.8) is 0 Å². The second-order valence-corrected chi connectivity index (χ2v) is 8.08. The molecule has 1 atom stereocenters. The first-order chi connectivity index (χ1) is 14.2. The lowest BCUT2D eigenvalue weighted by atomic mass is 10.0. The minimum Gasteiger partial charge on any atom is -0.493 e. The maximum atomic E-state index is 13.1. The van der Waals surface area contributed by atoms with Crippen LogP contribution in [-0.2, 0) is 11.2 Å². The predicted molar refractivity (Wildman–Crippen MR) is 117 cm³/mol. The Hall–Kier alpha value is -2.25. The van der Waals surface area contributed by atoms with E-state index in [0.29, 0.717) is 6.42 Å². The standard InChI is InChI=1S/C22H29N3O3S/c1-23-17(9-7-16-8-10-19(27-2)20(14-16)28-3)15-21(26)25-12-5-13-29-22-18(25)6-4-11-24-22/h4,6,8,10-11,14,17,23H,5,7,9,12-13,15H2,1-3H3. The highest BCUT2D eigenvalue weighted by Crippen LogP contribution is 2.32. The molecule has 0 bridgehead atoms. The molecule has 2 aromatic rings. The molecular weight excluding hydrogens is 386 g/mol. The number of hydrogen-bond acceptors (Lipinski definition) is 6. The lowest BCUT2D eigenvalue weighted by Crippen LogP contribution is -2.38. The number of aryl methyl sites for hydroxylation is 1. The number of pyridine rings is 1. The summed E-state index contributed by atoms with van der Waals surface area (Å²) in [6.45, 7) is 0.747. The molecule has 0 saturated carbocycles. The third kappa shape index (κ3) is 5.42. The third-order valence-electron chi connectivity index (χ3n) is 5.17. The predicted octanol–water partition coefficient (Wildman–Crippen LogP) is 3.54. The van der Waals surface area contributed by atoms with Crippen LogP contribution in [0.1, 0.15) is 24.8 Å². The van der Waals surface area contributed by atoms with E-state index in [4.69, 9.17) is 9.47 Å². The molecular formula is C22H29N3O3S. The molecule has 0 radical (unpaired) electrons. The van der Waals surface area contributed by atoms with E-state index in [1.54, 1.807) is 32.2 Å². The molecule has 3 rings (SSSR count). The van der Waals surface area contributed by atoms with Crippen molar-refractivity contribution in [1.82, 2.24) is 10.3 Å². The van der Waals surface area contributed by atoms with Crippen LogP contribution in [-0.4, -0.2) is 50.5 Å². The van der Waals surface area contributed by atoms with E-state index in [-0.39, 0.29) is 11.9 Å². The topological polar surface area (TPSA) is 63.7 Å². The molecule has 0 fully saturated rings. The number of thioether (sulfide) groups is 1. The highest BCUT2D eigenvalue weighted by Gasteiger charge is 2.24. The molecule has 1 aromatic heterocycles. The van der Waals surface area contributed by atoms with Gasteiger partial charge in [0.1, 0.15) is 5.03 Å². The molecule has 1 aliphatic heterocycles. The fourth-order valence-corrected chi connectivity index (χ4v) is 4.44. The van der Waals surface area contributed by atoms with Gasteiger partial charge >= 0.3 is 0 Å². The summed E-state index contributed by atoms with van der Waals surface area (Å²) in [7, 11) is 5.19. The van der Waals surface area contributed by atoms with Crippen molar-refractivity contribution in [3.8, 4) is 11.5 Å². The number of carbonyl (C=O) groups is 1. The van der Waals surface area contributed by atoms with Gasteiger partial charge in [-0.3, -0.25) is 4.79 Å². The van der Waals surface area contributed by atoms with Gasteiger partial charge in [-0.25, -0.2) is 4.98 Å². The summed E-state index contributed by atoms with van der Waals surface area (Å²) in [5, 5.41) is 4.26. The first kappa shape index (κ1) is 21.5. The van der Waals surface area contributed by atoms with Gasteiger partial charge < -0.3 is 19.7 Å². The summed E-state index contributed by atoms with van der Waals surface area (Å²) in [5.74, 6) is 2.59. The molecule has 1 unspecified atom stereocenters. The van der Waals surface area contributed by atoms with Crippen molar-refractivity contribution >= 4 is 23.4 Å². The van der Waals surface area contributed by atoms with E-state index in [1.165, 1.54) is 0 Å². The minimum atomic E-state index is 0.103. The molecule has 1 amide bonds. The molecule has 0 spiro atoms. The molecule has 0 saturated heterocycles. The number of amides is 1. The number of fused-ring (bicyclic) bond motifs is 1. The monoisotopic (exact) mass is 415 g/mol. The maximum absolute atomic E-state index is 13.1. The number of methoxy groups -OCH3 is 2. The quantitative estimate of drug-likeness (QED) is 0.712. The van der Waals surface area contributed by atoms with Crippen molar-refractivity contribution in [3.05, 3.63) is 42.1 Å². The Kier molecular flexibility index (Phi) is 7.77. The molecule has 1 aromatic carbocycles. The van der Waals surface area contributed by atoms with E-state index < -0.39 is 0 Å². The number of rotatable bonds is 8. The van der Waals surface area contributed by atoms with Crippen LogP contribution in [0, 0.1) is 0 Å². The Balaban J connectivity index is 1.63. The lowest BCUT2D eigenvalue weighted by molar-refractivity contribution is -0.119. The highest BCUT2D eigenvalue weighted by molar-refractivity contribution is 7.99. The van der Waals surface area contributed by atoms with Gasteiger partial charge in [-0.15, -0.1) is 11.8 Å². The average Bonchev–Trinajstić information content (AvgIpc) is 2.98. The zero-order chi connectivity index (χ0) is 20.6. The Morgan fingerprint density at radius 1 is 1.28 bits per heavy atom. The van der Waals surface area contributed by atoms with Crippen LogP contribution in [0.2, 0.25) is 0 Å². The van der Waals surface area contributed by atoms with Crippen molar-refractivity contribution in [2.45, 2.75) is 36.8 Å². The number of hydrogen-bond donors (Lipinski definition) is 1. The lowest BCUT2D eigenvalue weighted by Gasteiger charge is -2.25. The van der Waals surface area contributed by atoms with Crippen LogP contribution in [0.3, 0.4) is 0 Å². The van der Waals surface area contributed by atoms with E-state index in [9.17, 15) is 4.79 Å². The Labute approximate surface area is 177 Å². The van der Waals surface area contributed by atoms with E-state index in [1.807, 2.05) is 42.3 Å². The van der Waals surface area contributed by atoms with Crippen LogP contribution in [0.15, 0.2) is 41.6 Å². The second-order valence-electron chi connectivity index (χ2n) is 6.99. The van der Waals surface area contributed by atoms with Crippen molar-refractivity contribution in [2.24, 2.45) is 0 Å². The smallest absolute Gasteiger partial charge is 0.228 e. The number of benzene rings is 1. The van der Waals surface area contributed by atoms with Gasteiger partial charge in [0.25, 0.3) is 0 Å². The summed E-state index contributed by atoms with van der Waals surface area (Å²) in [5.41, 5.74) is 2.10. The van der Waals surface area contributed by atoms with Crippen LogP contribution in [0.4, 0.5) is 5.69 Å². The number of nitrogens with zero attached hydrogens (tertiary/aromatic N) is 2. The maximum Gasteiger partial charge on any atom is 0.228 e. The molecule has 0 aliphatic carbocycles. The summed E-state index contributed by atoms with van der Waals surface area (Å²) < 4.78 is 10.7. The second kappa shape index (κ2) is 10.5. The summed E-state index contributed by atoms with van der Waals surface area (Å²) in [6, 6.07) is 9.97.